The first-order valence-corrected chi connectivity index (χ1v) is 11.1. The minimum Gasteiger partial charge on any atom is -0.377 e. The smallest absolute Gasteiger partial charge is 0.136 e. The maximum absolute atomic E-state index is 4.99. The van der Waals surface area contributed by atoms with Crippen LogP contribution >= 0.6 is 0 Å². The zero-order valence-corrected chi connectivity index (χ0v) is 20.4. The van der Waals surface area contributed by atoms with Crippen LogP contribution in [0.25, 0.3) is 22.8 Å². The van der Waals surface area contributed by atoms with Crippen LogP contribution in [0.4, 0.5) is 34.6 Å². The van der Waals surface area contributed by atoms with E-state index in [4.69, 9.17) is 19.9 Å². The summed E-state index contributed by atoms with van der Waals surface area (Å²) in [4.78, 5) is 28.0. The predicted octanol–water partition coefficient (Wildman–Crippen LogP) is 4.58. The van der Waals surface area contributed by atoms with Crippen molar-refractivity contribution >= 4 is 34.6 Å². The predicted molar refractivity (Wildman–Crippen MR) is 140 cm³/mol. The minimum absolute atomic E-state index is 0.787. The fourth-order valence-corrected chi connectivity index (χ4v) is 3.87. The van der Waals surface area contributed by atoms with Crippen LogP contribution in [-0.2, 0) is 0 Å². The minimum atomic E-state index is 0.787. The van der Waals surface area contributed by atoms with E-state index in [2.05, 4.69) is 34.1 Å². The van der Waals surface area contributed by atoms with Crippen molar-refractivity contribution in [2.24, 2.45) is 0 Å². The van der Waals surface area contributed by atoms with Gasteiger partial charge in [-0.25, -0.2) is 19.9 Å². The molecule has 0 aliphatic carbocycles. The molecule has 0 spiro atoms. The van der Waals surface area contributed by atoms with E-state index in [0.717, 1.165) is 57.4 Å². The molecule has 0 radical (unpaired) electrons. The number of fused-ring (bicyclic) bond motifs is 10. The number of aromatic nitrogens is 4. The van der Waals surface area contributed by atoms with Crippen molar-refractivity contribution in [2.45, 2.75) is 0 Å². The Bertz CT molecular complexity index is 1260. The molecule has 8 nitrogen and oxygen atoms in total. The van der Waals surface area contributed by atoms with Gasteiger partial charge in [-0.15, -0.1) is 0 Å². The molecule has 0 N–H and O–H groups in total. The van der Waals surface area contributed by atoms with Crippen LogP contribution in [0.2, 0.25) is 0 Å². The Balaban J connectivity index is 1.83. The summed E-state index contributed by atoms with van der Waals surface area (Å²) in [6, 6.07) is 20.2. The van der Waals surface area contributed by atoms with E-state index in [0.29, 0.717) is 0 Å². The molecule has 0 atom stereocenters. The molecule has 5 heterocycles. The summed E-state index contributed by atoms with van der Waals surface area (Å²) in [6.45, 7) is 0. The summed E-state index contributed by atoms with van der Waals surface area (Å²) in [5.74, 6) is 3.16. The van der Waals surface area contributed by atoms with Gasteiger partial charge >= 0.3 is 0 Å². The third-order valence-corrected chi connectivity index (χ3v) is 5.99. The second-order valence-electron chi connectivity index (χ2n) is 8.81. The van der Waals surface area contributed by atoms with Crippen LogP contribution in [0.1, 0.15) is 0 Å². The van der Waals surface area contributed by atoms with E-state index in [1.54, 1.807) is 0 Å². The van der Waals surface area contributed by atoms with E-state index >= 15 is 0 Å². The lowest BCUT2D eigenvalue weighted by Gasteiger charge is -2.24. The first-order valence-electron chi connectivity index (χ1n) is 11.1. The maximum atomic E-state index is 4.99. The molecule has 34 heavy (non-hydrogen) atoms. The number of hydrogen-bond donors (Lipinski definition) is 0. The molecule has 0 saturated carbocycles. The Morgan fingerprint density at radius 2 is 0.882 bits per heavy atom. The van der Waals surface area contributed by atoms with E-state index in [-0.39, 0.29) is 0 Å². The van der Waals surface area contributed by atoms with E-state index in [1.165, 1.54) is 0 Å². The SMILES string of the molecule is CN(C)c1cc2nc(c1)N(C)c1cc(N(C)C)cc(n1)-c1cccc(n1)N(C)c1cccc-2n1. The highest BCUT2D eigenvalue weighted by molar-refractivity contribution is 5.74. The molecule has 0 unspecified atom stereocenters. The van der Waals surface area contributed by atoms with Crippen molar-refractivity contribution in [3.8, 4) is 22.8 Å². The van der Waals surface area contributed by atoms with Crippen molar-refractivity contribution < 1.29 is 0 Å². The van der Waals surface area contributed by atoms with Crippen molar-refractivity contribution in [3.05, 3.63) is 60.7 Å². The summed E-state index contributed by atoms with van der Waals surface area (Å²) >= 11 is 0. The Labute approximate surface area is 200 Å². The largest absolute Gasteiger partial charge is 0.377 e. The third-order valence-electron chi connectivity index (χ3n) is 5.99. The van der Waals surface area contributed by atoms with Crippen LogP contribution < -0.4 is 19.6 Å². The second-order valence-corrected chi connectivity index (χ2v) is 8.81. The highest BCUT2D eigenvalue weighted by atomic mass is 15.2. The molecule has 1 aliphatic heterocycles. The highest BCUT2D eigenvalue weighted by Crippen LogP contribution is 2.34. The van der Waals surface area contributed by atoms with Crippen LogP contribution in [0, 0.1) is 0 Å². The van der Waals surface area contributed by atoms with Gasteiger partial charge in [-0.05, 0) is 36.4 Å². The van der Waals surface area contributed by atoms with Crippen molar-refractivity contribution in [3.63, 3.8) is 0 Å². The first kappa shape index (κ1) is 21.6. The van der Waals surface area contributed by atoms with Gasteiger partial charge in [0.2, 0.25) is 0 Å². The third kappa shape index (κ3) is 3.87. The monoisotopic (exact) mass is 452 g/mol. The van der Waals surface area contributed by atoms with Crippen LogP contribution in [0.15, 0.2) is 60.7 Å². The van der Waals surface area contributed by atoms with E-state index in [9.17, 15) is 0 Å². The molecule has 172 valence electrons. The fourth-order valence-electron chi connectivity index (χ4n) is 3.87. The zero-order chi connectivity index (χ0) is 24.0. The summed E-state index contributed by atoms with van der Waals surface area (Å²) < 4.78 is 0. The number of hydrogen-bond acceptors (Lipinski definition) is 8. The molecular formula is C26H28N8. The first-order chi connectivity index (χ1) is 16.3. The van der Waals surface area contributed by atoms with Gasteiger partial charge in [-0.2, -0.15) is 0 Å². The van der Waals surface area contributed by atoms with Gasteiger partial charge in [0.25, 0.3) is 0 Å². The standard InChI is InChI=1S/C26H28N8/c1-31(2)17-13-21-19-9-7-11-23(27-19)33(5)24-12-8-10-20(28-24)22-14-18(32(3)4)16-26(30-22)34(6)25(15-17)29-21/h7-16H,1-6H3. The molecule has 8 heteroatoms. The second kappa shape index (κ2) is 8.30. The molecule has 0 saturated heterocycles. The van der Waals surface area contributed by atoms with Gasteiger partial charge in [0.15, 0.2) is 0 Å². The lowest BCUT2D eigenvalue weighted by atomic mass is 10.2. The van der Waals surface area contributed by atoms with Crippen LogP contribution in [0.5, 0.6) is 0 Å². The number of pyridine rings is 4. The Morgan fingerprint density at radius 3 is 1.29 bits per heavy atom. The normalized spacial score (nSPS) is 12.3. The van der Waals surface area contributed by atoms with Gasteiger partial charge in [-0.3, -0.25) is 0 Å². The van der Waals surface area contributed by atoms with Gasteiger partial charge in [0, 0.05) is 65.8 Å². The highest BCUT2D eigenvalue weighted by Gasteiger charge is 2.18. The van der Waals surface area contributed by atoms with Crippen molar-refractivity contribution in [1.82, 2.24) is 19.9 Å². The fraction of sp³-hybridized carbons (Fsp3) is 0.231. The summed E-state index contributed by atoms with van der Waals surface area (Å²) in [5.41, 5.74) is 5.26. The topological polar surface area (TPSA) is 64.5 Å². The van der Waals surface area contributed by atoms with E-state index in [1.807, 2.05) is 88.5 Å². The molecule has 0 fully saturated rings. The summed E-state index contributed by atoms with van der Waals surface area (Å²) in [7, 11) is 12.1. The summed E-state index contributed by atoms with van der Waals surface area (Å²) in [5, 5.41) is 0. The molecule has 4 aromatic rings. The van der Waals surface area contributed by atoms with E-state index < -0.39 is 0 Å². The van der Waals surface area contributed by atoms with Crippen LogP contribution in [-0.4, -0.2) is 62.2 Å². The average Bonchev–Trinajstić information content (AvgIpc) is 2.86. The number of nitrogens with zero attached hydrogens (tertiary/aromatic N) is 8. The van der Waals surface area contributed by atoms with Gasteiger partial charge in [-0.1, -0.05) is 12.1 Å². The molecule has 0 amide bonds. The quantitative estimate of drug-likeness (QED) is 0.438. The lowest BCUT2D eigenvalue weighted by molar-refractivity contribution is 1.03. The maximum Gasteiger partial charge on any atom is 0.136 e. The lowest BCUT2D eigenvalue weighted by Crippen LogP contribution is -2.18. The summed E-state index contributed by atoms with van der Waals surface area (Å²) in [6.07, 6.45) is 0. The van der Waals surface area contributed by atoms with Crippen LogP contribution in [0.3, 0.4) is 0 Å². The molecule has 1 aliphatic rings. The van der Waals surface area contributed by atoms with Gasteiger partial charge < -0.3 is 19.6 Å². The zero-order valence-electron chi connectivity index (χ0n) is 20.4. The van der Waals surface area contributed by atoms with Gasteiger partial charge in [0.05, 0.1) is 22.8 Å². The van der Waals surface area contributed by atoms with Gasteiger partial charge in [0.1, 0.15) is 23.3 Å². The average molecular weight is 453 g/mol. The Morgan fingerprint density at radius 1 is 0.500 bits per heavy atom. The molecule has 8 bridgehead atoms. The molecule has 0 aromatic carbocycles. The number of anilines is 6. The molecule has 4 aromatic heterocycles. The Kier molecular flexibility index (Phi) is 5.28. The molecular weight excluding hydrogens is 424 g/mol. The van der Waals surface area contributed by atoms with Crippen molar-refractivity contribution in [2.75, 3.05) is 61.9 Å². The molecule has 5 rings (SSSR count). The van der Waals surface area contributed by atoms with Crippen molar-refractivity contribution in [1.29, 1.82) is 0 Å². The number of rotatable bonds is 2. The Hall–Kier alpha value is -4.20.